The van der Waals surface area contributed by atoms with Gasteiger partial charge >= 0.3 is 11.7 Å². The van der Waals surface area contributed by atoms with Crippen LogP contribution in [0.4, 0.5) is 5.69 Å². The van der Waals surface area contributed by atoms with Gasteiger partial charge in [-0.25, -0.2) is 4.79 Å². The van der Waals surface area contributed by atoms with Gasteiger partial charge in [0.05, 0.1) is 10.5 Å². The Hall–Kier alpha value is -2.55. The first-order valence-electron chi connectivity index (χ1n) is 6.03. The van der Waals surface area contributed by atoms with Crippen molar-refractivity contribution in [2.24, 2.45) is 0 Å². The number of ether oxygens (including phenoxy) is 1. The quantitative estimate of drug-likeness (QED) is 0.644. The molecular formula is C12H11N3O5S. The van der Waals surface area contributed by atoms with E-state index in [1.54, 1.807) is 0 Å². The average Bonchev–Trinajstić information content (AvgIpc) is 2.86. The highest BCUT2D eigenvalue weighted by molar-refractivity contribution is 7.07. The van der Waals surface area contributed by atoms with Crippen LogP contribution in [0.25, 0.3) is 0 Å². The van der Waals surface area contributed by atoms with Gasteiger partial charge in [-0.3, -0.25) is 10.1 Å². The van der Waals surface area contributed by atoms with E-state index in [2.05, 4.69) is 9.36 Å². The van der Waals surface area contributed by atoms with Crippen LogP contribution in [-0.4, -0.2) is 25.4 Å². The fourth-order valence-corrected chi connectivity index (χ4v) is 2.17. The predicted octanol–water partition coefficient (Wildman–Crippen LogP) is 2.89. The zero-order valence-electron chi connectivity index (χ0n) is 11.0. The lowest BCUT2D eigenvalue weighted by Crippen LogP contribution is -1.99. The Morgan fingerprint density at radius 2 is 2.29 bits per heavy atom. The summed E-state index contributed by atoms with van der Waals surface area (Å²) in [5, 5.41) is 20.0. The summed E-state index contributed by atoms with van der Waals surface area (Å²) in [5.41, 5.74) is -0.430. The molecule has 0 aliphatic rings. The number of aromatic carboxylic acids is 1. The van der Waals surface area contributed by atoms with Crippen molar-refractivity contribution < 1.29 is 19.6 Å². The minimum Gasteiger partial charge on any atom is -0.478 e. The Balaban J connectivity index is 2.33. The Bertz CT molecular complexity index is 685. The van der Waals surface area contributed by atoms with Gasteiger partial charge in [-0.15, -0.1) is 0 Å². The van der Waals surface area contributed by atoms with Gasteiger partial charge < -0.3 is 9.84 Å². The Kier molecular flexibility index (Phi) is 4.43. The molecule has 9 heteroatoms. The molecule has 0 unspecified atom stereocenters. The largest absolute Gasteiger partial charge is 0.478 e. The van der Waals surface area contributed by atoms with E-state index in [1.807, 2.05) is 6.92 Å². The van der Waals surface area contributed by atoms with Crippen molar-refractivity contribution in [3.8, 4) is 10.9 Å². The smallest absolute Gasteiger partial charge is 0.335 e. The van der Waals surface area contributed by atoms with E-state index in [0.29, 0.717) is 12.2 Å². The molecule has 2 rings (SSSR count). The third kappa shape index (κ3) is 3.51. The number of nitro benzene ring substituents is 1. The number of benzene rings is 1. The number of hydrogen-bond acceptors (Lipinski definition) is 7. The van der Waals surface area contributed by atoms with Crippen LogP contribution in [0.3, 0.4) is 0 Å². The van der Waals surface area contributed by atoms with Gasteiger partial charge in [0.15, 0.2) is 0 Å². The molecule has 110 valence electrons. The molecule has 0 fully saturated rings. The lowest BCUT2D eigenvalue weighted by molar-refractivity contribution is -0.385. The third-order valence-corrected chi connectivity index (χ3v) is 3.16. The van der Waals surface area contributed by atoms with Crippen LogP contribution >= 0.6 is 11.5 Å². The van der Waals surface area contributed by atoms with Crippen LogP contribution in [0.15, 0.2) is 18.2 Å². The van der Waals surface area contributed by atoms with Gasteiger partial charge in [0.25, 0.3) is 5.19 Å². The summed E-state index contributed by atoms with van der Waals surface area (Å²) in [6.45, 7) is 1.97. The second kappa shape index (κ2) is 6.27. The summed E-state index contributed by atoms with van der Waals surface area (Å²) in [6.07, 6.45) is 1.54. The molecule has 2 aromatic rings. The second-order valence-corrected chi connectivity index (χ2v) is 4.79. The Labute approximate surface area is 123 Å². The molecule has 0 amide bonds. The molecule has 0 saturated heterocycles. The van der Waals surface area contributed by atoms with Crippen molar-refractivity contribution >= 4 is 23.2 Å². The van der Waals surface area contributed by atoms with Crippen LogP contribution in [0.2, 0.25) is 0 Å². The molecule has 0 radical (unpaired) electrons. The molecule has 1 aromatic carbocycles. The van der Waals surface area contributed by atoms with Crippen LogP contribution < -0.4 is 4.74 Å². The maximum absolute atomic E-state index is 10.9. The van der Waals surface area contributed by atoms with Crippen LogP contribution in [0, 0.1) is 10.1 Å². The number of aromatic nitrogens is 2. The molecular weight excluding hydrogens is 298 g/mol. The zero-order chi connectivity index (χ0) is 15.4. The molecule has 1 heterocycles. The fourth-order valence-electron chi connectivity index (χ4n) is 1.58. The first-order valence-corrected chi connectivity index (χ1v) is 6.80. The van der Waals surface area contributed by atoms with Crippen LogP contribution in [-0.2, 0) is 6.42 Å². The topological polar surface area (TPSA) is 115 Å². The van der Waals surface area contributed by atoms with Gasteiger partial charge in [-0.2, -0.15) is 9.36 Å². The number of rotatable bonds is 6. The van der Waals surface area contributed by atoms with E-state index in [4.69, 9.17) is 9.84 Å². The molecule has 21 heavy (non-hydrogen) atoms. The minimum atomic E-state index is -1.20. The van der Waals surface area contributed by atoms with Crippen molar-refractivity contribution in [1.29, 1.82) is 0 Å². The average molecular weight is 309 g/mol. The number of aryl methyl sites for hydroxylation is 1. The highest BCUT2D eigenvalue weighted by Gasteiger charge is 2.20. The number of nitro groups is 1. The SMILES string of the molecule is CCCc1nsc(Oc2cc(C(=O)O)ccc2[N+](=O)[O-])n1. The number of carboxylic acid groups (broad SMARTS) is 1. The Morgan fingerprint density at radius 1 is 1.52 bits per heavy atom. The van der Waals surface area contributed by atoms with Gasteiger partial charge in [-0.05, 0) is 12.5 Å². The number of hydrogen-bond donors (Lipinski definition) is 1. The Morgan fingerprint density at radius 3 is 2.90 bits per heavy atom. The molecule has 0 bridgehead atoms. The van der Waals surface area contributed by atoms with E-state index in [-0.39, 0.29) is 22.2 Å². The number of carbonyl (C=O) groups is 1. The molecule has 0 aliphatic carbocycles. The molecule has 0 atom stereocenters. The summed E-state index contributed by atoms with van der Waals surface area (Å²) >= 11 is 0.966. The van der Waals surface area contributed by atoms with Crippen LogP contribution in [0.1, 0.15) is 29.5 Å². The van der Waals surface area contributed by atoms with Crippen molar-refractivity contribution in [2.75, 3.05) is 0 Å². The molecule has 1 aromatic heterocycles. The van der Waals surface area contributed by atoms with Gasteiger partial charge in [0, 0.05) is 30.1 Å². The van der Waals surface area contributed by atoms with Crippen molar-refractivity contribution in [3.05, 3.63) is 39.7 Å². The van der Waals surface area contributed by atoms with E-state index in [1.165, 1.54) is 0 Å². The predicted molar refractivity (Wildman–Crippen MR) is 74.0 cm³/mol. The van der Waals surface area contributed by atoms with E-state index in [0.717, 1.165) is 36.2 Å². The summed E-state index contributed by atoms with van der Waals surface area (Å²) < 4.78 is 9.38. The lowest BCUT2D eigenvalue weighted by Gasteiger charge is -2.03. The zero-order valence-corrected chi connectivity index (χ0v) is 11.8. The van der Waals surface area contributed by atoms with E-state index >= 15 is 0 Å². The number of nitrogens with zero attached hydrogens (tertiary/aromatic N) is 3. The highest BCUT2D eigenvalue weighted by Crippen LogP contribution is 2.33. The van der Waals surface area contributed by atoms with Crippen molar-refractivity contribution in [3.63, 3.8) is 0 Å². The third-order valence-electron chi connectivity index (χ3n) is 2.52. The summed E-state index contributed by atoms with van der Waals surface area (Å²) in [7, 11) is 0. The molecule has 0 saturated carbocycles. The van der Waals surface area contributed by atoms with Gasteiger partial charge in [0.1, 0.15) is 5.82 Å². The normalized spacial score (nSPS) is 10.3. The van der Waals surface area contributed by atoms with E-state index < -0.39 is 10.9 Å². The summed E-state index contributed by atoms with van der Waals surface area (Å²) in [6, 6.07) is 3.34. The fraction of sp³-hybridized carbons (Fsp3) is 0.250. The highest BCUT2D eigenvalue weighted by atomic mass is 32.1. The molecule has 8 nitrogen and oxygen atoms in total. The summed E-state index contributed by atoms with van der Waals surface area (Å²) in [4.78, 5) is 25.3. The maximum Gasteiger partial charge on any atom is 0.335 e. The van der Waals surface area contributed by atoms with Crippen molar-refractivity contribution in [1.82, 2.24) is 9.36 Å². The molecule has 0 spiro atoms. The standard InChI is InChI=1S/C12H11N3O5S/c1-2-3-10-13-12(21-14-10)20-9-6-7(11(16)17)4-5-8(9)15(18)19/h4-6H,2-3H2,1H3,(H,16,17). The van der Waals surface area contributed by atoms with Crippen molar-refractivity contribution in [2.45, 2.75) is 19.8 Å². The second-order valence-electron chi connectivity index (χ2n) is 4.07. The molecule has 0 aliphatic heterocycles. The first kappa shape index (κ1) is 14.9. The lowest BCUT2D eigenvalue weighted by atomic mass is 10.2. The maximum atomic E-state index is 10.9. The monoisotopic (exact) mass is 309 g/mol. The molecule has 1 N–H and O–H groups in total. The minimum absolute atomic E-state index is 0.103. The number of carboxylic acids is 1. The van der Waals surface area contributed by atoms with E-state index in [9.17, 15) is 14.9 Å². The van der Waals surface area contributed by atoms with Gasteiger partial charge in [0.2, 0.25) is 5.75 Å². The summed E-state index contributed by atoms with van der Waals surface area (Å²) in [5.74, 6) is -0.771. The van der Waals surface area contributed by atoms with Gasteiger partial charge in [-0.1, -0.05) is 6.92 Å². The van der Waals surface area contributed by atoms with Crippen LogP contribution in [0.5, 0.6) is 10.9 Å². The first-order chi connectivity index (χ1) is 10.0.